The Labute approximate surface area is 200 Å². The number of thiophene rings is 1. The maximum atomic E-state index is 14.8. The number of anilines is 2. The number of morpholine rings is 1. The number of carbonyl (C=O) groups excluding carboxylic acids is 1. The average Bonchev–Trinajstić information content (AvgIpc) is 3.18. The summed E-state index contributed by atoms with van der Waals surface area (Å²) in [6, 6.07) is 7.23. The van der Waals surface area contributed by atoms with Gasteiger partial charge in [-0.2, -0.15) is 0 Å². The van der Waals surface area contributed by atoms with Crippen LogP contribution in [0, 0.1) is 11.6 Å². The molecule has 1 fully saturated rings. The van der Waals surface area contributed by atoms with Crippen LogP contribution >= 0.6 is 11.3 Å². The van der Waals surface area contributed by atoms with Crippen molar-refractivity contribution < 1.29 is 23.4 Å². The summed E-state index contributed by atoms with van der Waals surface area (Å²) in [7, 11) is 0. The molecule has 1 aromatic carbocycles. The lowest BCUT2D eigenvalue weighted by atomic mass is 9.96. The highest BCUT2D eigenvalue weighted by Gasteiger charge is 2.24. The van der Waals surface area contributed by atoms with Gasteiger partial charge in [0.1, 0.15) is 22.5 Å². The maximum absolute atomic E-state index is 14.8. The second kappa shape index (κ2) is 9.75. The number of ether oxygens (including phenoxy) is 1. The minimum absolute atomic E-state index is 0.101. The molecule has 2 aromatic heterocycles. The zero-order valence-corrected chi connectivity index (χ0v) is 19.7. The van der Waals surface area contributed by atoms with E-state index in [0.717, 1.165) is 48.7 Å². The van der Waals surface area contributed by atoms with Crippen molar-refractivity contribution in [1.82, 2.24) is 9.88 Å². The monoisotopic (exact) mass is 488 g/mol. The molecule has 0 atom stereocenters. The lowest BCUT2D eigenvalue weighted by Gasteiger charge is -2.26. The SMILES string of the molecule is CC(C)(O)c1cc(F)c(-c2cc(C(N)=O)c(Nc3ccc(CN4CCOCC4)cn3)s2)c(F)c1. The zero-order valence-electron chi connectivity index (χ0n) is 18.9. The lowest BCUT2D eigenvalue weighted by Crippen LogP contribution is -2.35. The molecular weight excluding hydrogens is 462 g/mol. The Hall–Kier alpha value is -2.92. The second-order valence-electron chi connectivity index (χ2n) is 8.66. The number of aromatic nitrogens is 1. The number of pyridine rings is 1. The number of nitrogens with one attached hydrogen (secondary N) is 1. The van der Waals surface area contributed by atoms with Crippen LogP contribution in [0.4, 0.5) is 19.6 Å². The minimum atomic E-state index is -1.40. The summed E-state index contributed by atoms with van der Waals surface area (Å²) in [5, 5.41) is 13.5. The van der Waals surface area contributed by atoms with Crippen molar-refractivity contribution in [2.75, 3.05) is 31.6 Å². The number of aliphatic hydroxyl groups is 1. The molecule has 1 amide bonds. The van der Waals surface area contributed by atoms with E-state index in [1.54, 1.807) is 12.3 Å². The van der Waals surface area contributed by atoms with Crippen molar-refractivity contribution in [3.05, 3.63) is 64.9 Å². The number of hydrogen-bond acceptors (Lipinski definition) is 7. The number of rotatable bonds is 7. The molecule has 0 radical (unpaired) electrons. The van der Waals surface area contributed by atoms with E-state index in [0.29, 0.717) is 24.0 Å². The predicted molar refractivity (Wildman–Crippen MR) is 127 cm³/mol. The molecule has 7 nitrogen and oxygen atoms in total. The number of carbonyl (C=O) groups is 1. The Morgan fingerprint density at radius 2 is 1.91 bits per heavy atom. The van der Waals surface area contributed by atoms with Crippen LogP contribution in [0.3, 0.4) is 0 Å². The topological polar surface area (TPSA) is 101 Å². The number of hydrogen-bond donors (Lipinski definition) is 3. The molecule has 4 rings (SSSR count). The largest absolute Gasteiger partial charge is 0.386 e. The lowest BCUT2D eigenvalue weighted by molar-refractivity contribution is 0.0341. The van der Waals surface area contributed by atoms with Gasteiger partial charge in [-0.3, -0.25) is 9.69 Å². The van der Waals surface area contributed by atoms with Gasteiger partial charge in [-0.15, -0.1) is 11.3 Å². The third kappa shape index (κ3) is 5.41. The molecule has 0 aliphatic carbocycles. The van der Waals surface area contributed by atoms with Gasteiger partial charge < -0.3 is 20.9 Å². The summed E-state index contributed by atoms with van der Waals surface area (Å²) in [4.78, 5) is 18.9. The summed E-state index contributed by atoms with van der Waals surface area (Å²) < 4.78 is 35.0. The summed E-state index contributed by atoms with van der Waals surface area (Å²) in [5.41, 5.74) is 5.07. The summed E-state index contributed by atoms with van der Waals surface area (Å²) >= 11 is 0.994. The molecule has 1 saturated heterocycles. The first-order chi connectivity index (χ1) is 16.1. The van der Waals surface area contributed by atoms with Gasteiger partial charge in [0.15, 0.2) is 0 Å². The quantitative estimate of drug-likeness (QED) is 0.465. The fraction of sp³-hybridized carbons (Fsp3) is 0.333. The number of halogens is 2. The van der Waals surface area contributed by atoms with Crippen molar-refractivity contribution in [2.24, 2.45) is 5.73 Å². The molecule has 1 aliphatic rings. The van der Waals surface area contributed by atoms with E-state index < -0.39 is 23.1 Å². The van der Waals surface area contributed by atoms with Crippen LogP contribution in [0.25, 0.3) is 10.4 Å². The van der Waals surface area contributed by atoms with Crippen molar-refractivity contribution >= 4 is 28.1 Å². The van der Waals surface area contributed by atoms with Gasteiger partial charge in [0.05, 0.1) is 29.9 Å². The highest BCUT2D eigenvalue weighted by atomic mass is 32.1. The van der Waals surface area contributed by atoms with Crippen molar-refractivity contribution in [3.63, 3.8) is 0 Å². The van der Waals surface area contributed by atoms with E-state index in [9.17, 15) is 18.7 Å². The van der Waals surface area contributed by atoms with Gasteiger partial charge in [0.2, 0.25) is 0 Å². The van der Waals surface area contributed by atoms with Crippen LogP contribution in [0.1, 0.15) is 35.3 Å². The van der Waals surface area contributed by atoms with Gasteiger partial charge in [0, 0.05) is 30.7 Å². The van der Waals surface area contributed by atoms with Gasteiger partial charge in [-0.05, 0) is 49.2 Å². The summed E-state index contributed by atoms with van der Waals surface area (Å²) in [6.45, 7) is 6.80. The fourth-order valence-corrected chi connectivity index (χ4v) is 4.80. The van der Waals surface area contributed by atoms with Crippen LogP contribution < -0.4 is 11.1 Å². The van der Waals surface area contributed by atoms with Gasteiger partial charge in [0.25, 0.3) is 5.91 Å². The molecule has 10 heteroatoms. The highest BCUT2D eigenvalue weighted by Crippen LogP contribution is 2.40. The van der Waals surface area contributed by atoms with Crippen LogP contribution in [0.2, 0.25) is 0 Å². The van der Waals surface area contributed by atoms with E-state index >= 15 is 0 Å². The van der Waals surface area contributed by atoms with E-state index in [1.807, 2.05) is 6.07 Å². The maximum Gasteiger partial charge on any atom is 0.251 e. The van der Waals surface area contributed by atoms with Crippen LogP contribution in [0.5, 0.6) is 0 Å². The Morgan fingerprint density at radius 1 is 1.24 bits per heavy atom. The van der Waals surface area contributed by atoms with Gasteiger partial charge >= 0.3 is 0 Å². The molecule has 0 saturated carbocycles. The molecule has 3 heterocycles. The fourth-order valence-electron chi connectivity index (χ4n) is 3.68. The summed E-state index contributed by atoms with van der Waals surface area (Å²) in [6.07, 6.45) is 1.74. The smallest absolute Gasteiger partial charge is 0.251 e. The number of amides is 1. The molecule has 4 N–H and O–H groups in total. The van der Waals surface area contributed by atoms with E-state index in [-0.39, 0.29) is 21.6 Å². The normalized spacial score (nSPS) is 14.9. The molecule has 0 bridgehead atoms. The van der Waals surface area contributed by atoms with E-state index in [4.69, 9.17) is 10.5 Å². The molecule has 3 aromatic rings. The van der Waals surface area contributed by atoms with Crippen LogP contribution in [0.15, 0.2) is 36.5 Å². The first-order valence-corrected chi connectivity index (χ1v) is 11.6. The standard InChI is InChI=1S/C24H26F2N4O3S/c1-24(2,32)15-9-17(25)21(18(26)10-15)19-11-16(22(27)31)23(34-19)29-20-4-3-14(12-28-20)13-30-5-7-33-8-6-30/h3-4,9-12,32H,5-8,13H2,1-2H3,(H2,27,31)(H,28,29). The van der Waals surface area contributed by atoms with E-state index in [1.165, 1.54) is 19.9 Å². The third-order valence-corrected chi connectivity index (χ3v) is 6.64. The van der Waals surface area contributed by atoms with Crippen LogP contribution in [-0.2, 0) is 16.9 Å². The van der Waals surface area contributed by atoms with Crippen LogP contribution in [-0.4, -0.2) is 47.2 Å². The van der Waals surface area contributed by atoms with Gasteiger partial charge in [-0.25, -0.2) is 13.8 Å². The third-order valence-electron chi connectivity index (χ3n) is 5.57. The number of primary amides is 1. The molecule has 34 heavy (non-hydrogen) atoms. The molecular formula is C24H26F2N4O3S. The Morgan fingerprint density at radius 3 is 2.47 bits per heavy atom. The number of nitrogens with two attached hydrogens (primary N) is 1. The summed E-state index contributed by atoms with van der Waals surface area (Å²) in [5.74, 6) is -1.94. The highest BCUT2D eigenvalue weighted by molar-refractivity contribution is 7.20. The molecule has 0 unspecified atom stereocenters. The zero-order chi connectivity index (χ0) is 24.5. The Kier molecular flexibility index (Phi) is 6.94. The number of nitrogens with zero attached hydrogens (tertiary/aromatic N) is 2. The van der Waals surface area contributed by atoms with Crippen molar-refractivity contribution in [3.8, 4) is 10.4 Å². The first kappa shape index (κ1) is 24.2. The first-order valence-electron chi connectivity index (χ1n) is 10.8. The van der Waals surface area contributed by atoms with Gasteiger partial charge in [-0.1, -0.05) is 6.07 Å². The number of benzene rings is 1. The minimum Gasteiger partial charge on any atom is -0.386 e. The molecule has 180 valence electrons. The molecule has 1 aliphatic heterocycles. The molecule has 0 spiro atoms. The van der Waals surface area contributed by atoms with Crippen molar-refractivity contribution in [2.45, 2.75) is 26.0 Å². The van der Waals surface area contributed by atoms with E-state index in [2.05, 4.69) is 15.2 Å². The Balaban J connectivity index is 1.58. The van der Waals surface area contributed by atoms with Crippen molar-refractivity contribution in [1.29, 1.82) is 0 Å². The second-order valence-corrected chi connectivity index (χ2v) is 9.71. The average molecular weight is 489 g/mol. The predicted octanol–water partition coefficient (Wildman–Crippen LogP) is 3.99. The Bertz CT molecular complexity index is 1160.